The number of para-hydroxylation sites is 1. The zero-order valence-electron chi connectivity index (χ0n) is 20.5. The van der Waals surface area contributed by atoms with Crippen LogP contribution in [0.15, 0.2) is 67.0 Å². The van der Waals surface area contributed by atoms with Crippen LogP contribution >= 0.6 is 12.4 Å². The first kappa shape index (κ1) is 26.8. The average Bonchev–Trinajstić information content (AvgIpc) is 3.30. The number of halogens is 1. The number of thiol groups is 1. The van der Waals surface area contributed by atoms with Gasteiger partial charge < -0.3 is 15.2 Å². The van der Waals surface area contributed by atoms with Gasteiger partial charge in [-0.3, -0.25) is 9.69 Å². The molecule has 3 heterocycles. The summed E-state index contributed by atoms with van der Waals surface area (Å²) in [5, 5.41) is 3.56. The van der Waals surface area contributed by atoms with Gasteiger partial charge in [0.05, 0.1) is 11.3 Å². The molecule has 1 saturated heterocycles. The maximum Gasteiger partial charge on any atom is 0.257 e. The molecule has 0 spiro atoms. The number of carbonyl (C=O) groups is 1. The number of hydrogen-bond donors (Lipinski definition) is 3. The molecule has 0 unspecified atom stereocenters. The second-order valence-corrected chi connectivity index (χ2v) is 10.2. The second-order valence-electron chi connectivity index (χ2n) is 9.20. The van der Waals surface area contributed by atoms with Gasteiger partial charge in [-0.25, -0.2) is 13.4 Å². The van der Waals surface area contributed by atoms with Crippen molar-refractivity contribution in [3.05, 3.63) is 83.7 Å². The van der Waals surface area contributed by atoms with Crippen molar-refractivity contribution < 1.29 is 13.2 Å². The molecule has 2 N–H and O–H groups in total. The number of piperazine rings is 1. The normalized spacial score (nSPS) is 14.5. The molecule has 0 aliphatic carbocycles. The number of nitrogens with zero attached hydrogens (tertiary/aromatic N) is 3. The molecule has 1 aliphatic rings. The first-order chi connectivity index (χ1) is 17.5. The Kier molecular flexibility index (Phi) is 8.60. The zero-order valence-corrected chi connectivity index (χ0v) is 22.2. The van der Waals surface area contributed by atoms with Crippen LogP contribution in [-0.2, 0) is 23.0 Å². The van der Waals surface area contributed by atoms with Crippen molar-refractivity contribution in [1.82, 2.24) is 19.8 Å². The minimum absolute atomic E-state index is 0. The van der Waals surface area contributed by atoms with Gasteiger partial charge in [0.15, 0.2) is 0 Å². The summed E-state index contributed by atoms with van der Waals surface area (Å²) >= 11 is 0. The summed E-state index contributed by atoms with van der Waals surface area (Å²) in [5.74, 6) is -0.452. The maximum atomic E-state index is 13.1. The van der Waals surface area contributed by atoms with E-state index in [0.29, 0.717) is 27.8 Å². The van der Waals surface area contributed by atoms with Gasteiger partial charge in [0.25, 0.3) is 5.91 Å². The number of H-pyrrole nitrogens is 1. The van der Waals surface area contributed by atoms with E-state index in [9.17, 15) is 13.2 Å². The third-order valence-corrected chi connectivity index (χ3v) is 7.23. The van der Waals surface area contributed by atoms with E-state index in [1.807, 2.05) is 6.07 Å². The van der Waals surface area contributed by atoms with Crippen LogP contribution in [0.4, 0.5) is 5.69 Å². The third-order valence-electron chi connectivity index (χ3n) is 6.63. The molecular weight excluding hydrogens is 510 g/mol. The SMILES string of the molecule is CN1CCN(Cc2ccc(-c3cnc4[nH]cc(C(=O)Nc5ccccc5C[SH](=O)=O)c4c3)cc2)CC1.Cl. The van der Waals surface area contributed by atoms with Gasteiger partial charge in [-0.15, -0.1) is 12.4 Å². The molecule has 10 heteroatoms. The highest BCUT2D eigenvalue weighted by atomic mass is 35.5. The number of nitrogens with one attached hydrogen (secondary N) is 2. The molecule has 4 aromatic rings. The molecule has 37 heavy (non-hydrogen) atoms. The Hall–Kier alpha value is -3.24. The lowest BCUT2D eigenvalue weighted by Crippen LogP contribution is -2.43. The fraction of sp³-hybridized carbons (Fsp3) is 0.259. The van der Waals surface area contributed by atoms with Crippen LogP contribution in [0.25, 0.3) is 22.2 Å². The van der Waals surface area contributed by atoms with E-state index in [-0.39, 0.29) is 24.1 Å². The van der Waals surface area contributed by atoms with Gasteiger partial charge in [-0.05, 0) is 35.9 Å². The Morgan fingerprint density at radius 3 is 2.49 bits per heavy atom. The maximum absolute atomic E-state index is 13.1. The number of amides is 1. The largest absolute Gasteiger partial charge is 0.345 e. The fourth-order valence-corrected chi connectivity index (χ4v) is 5.08. The number of carbonyl (C=O) groups excluding carboxylic acids is 1. The Bertz CT molecular complexity index is 1450. The number of aromatic nitrogens is 2. The lowest BCUT2D eigenvalue weighted by atomic mass is 10.0. The van der Waals surface area contributed by atoms with Gasteiger partial charge in [-0.2, -0.15) is 0 Å². The first-order valence-corrected chi connectivity index (χ1v) is 13.3. The van der Waals surface area contributed by atoms with Crippen molar-refractivity contribution >= 4 is 45.7 Å². The van der Waals surface area contributed by atoms with E-state index in [1.54, 1.807) is 36.7 Å². The van der Waals surface area contributed by atoms with Crippen LogP contribution < -0.4 is 5.32 Å². The Morgan fingerprint density at radius 2 is 1.76 bits per heavy atom. The number of fused-ring (bicyclic) bond motifs is 1. The fourth-order valence-electron chi connectivity index (χ4n) is 4.52. The van der Waals surface area contributed by atoms with Crippen molar-refractivity contribution in [1.29, 1.82) is 0 Å². The Morgan fingerprint density at radius 1 is 1.03 bits per heavy atom. The van der Waals surface area contributed by atoms with Gasteiger partial charge in [0.1, 0.15) is 16.4 Å². The Labute approximate surface area is 224 Å². The van der Waals surface area contributed by atoms with E-state index < -0.39 is 10.7 Å². The van der Waals surface area contributed by atoms with Crippen LogP contribution in [-0.4, -0.2) is 67.3 Å². The molecule has 0 atom stereocenters. The highest BCUT2D eigenvalue weighted by Crippen LogP contribution is 2.26. The molecule has 0 radical (unpaired) electrons. The molecule has 8 nitrogen and oxygen atoms in total. The molecule has 194 valence electrons. The van der Waals surface area contributed by atoms with Crippen LogP contribution in [0.5, 0.6) is 0 Å². The summed E-state index contributed by atoms with van der Waals surface area (Å²) in [6.45, 7) is 5.30. The minimum atomic E-state index is -2.60. The Balaban J connectivity index is 0.00000320. The zero-order chi connectivity index (χ0) is 25.1. The molecule has 0 bridgehead atoms. The van der Waals surface area contributed by atoms with Crippen LogP contribution in [0.1, 0.15) is 21.5 Å². The summed E-state index contributed by atoms with van der Waals surface area (Å²) < 4.78 is 22.4. The quantitative estimate of drug-likeness (QED) is 0.309. The van der Waals surface area contributed by atoms with Crippen LogP contribution in [0.3, 0.4) is 0 Å². The van der Waals surface area contributed by atoms with Gasteiger partial charge >= 0.3 is 0 Å². The number of aromatic amines is 1. The number of likely N-dealkylation sites (N-methyl/N-ethyl adjacent to an activating group) is 1. The summed E-state index contributed by atoms with van der Waals surface area (Å²) in [4.78, 5) is 25.5. The van der Waals surface area contributed by atoms with Crippen LogP contribution in [0.2, 0.25) is 0 Å². The minimum Gasteiger partial charge on any atom is -0.345 e. The molecule has 1 aliphatic heterocycles. The van der Waals surface area contributed by atoms with Crippen molar-refractivity contribution in [3.63, 3.8) is 0 Å². The summed E-state index contributed by atoms with van der Waals surface area (Å²) in [7, 11) is -0.442. The monoisotopic (exact) mass is 539 g/mol. The van der Waals surface area contributed by atoms with Crippen molar-refractivity contribution in [3.8, 4) is 11.1 Å². The molecule has 1 amide bonds. The summed E-state index contributed by atoms with van der Waals surface area (Å²) in [6, 6.07) is 17.4. The number of rotatable bonds is 7. The highest BCUT2D eigenvalue weighted by molar-refractivity contribution is 7.71. The van der Waals surface area contributed by atoms with Gasteiger partial charge in [0.2, 0.25) is 0 Å². The van der Waals surface area contributed by atoms with Crippen molar-refractivity contribution in [2.45, 2.75) is 12.3 Å². The van der Waals surface area contributed by atoms with E-state index in [0.717, 1.165) is 43.9 Å². The molecular formula is C27H30ClN5O3S. The highest BCUT2D eigenvalue weighted by Gasteiger charge is 2.16. The molecule has 0 saturated carbocycles. The van der Waals surface area contributed by atoms with Crippen molar-refractivity contribution in [2.24, 2.45) is 0 Å². The smallest absolute Gasteiger partial charge is 0.257 e. The molecule has 2 aromatic heterocycles. The standard InChI is InChI=1S/C27H29N5O3S.ClH/c1-31-10-12-32(13-11-31)17-19-6-8-20(9-7-19)22-14-23-24(16-29-26(23)28-15-22)27(33)30-25-5-3-2-4-21(25)18-36(34)35;/h2-9,14-16,36H,10-13,17-18H2,1H3,(H,28,29)(H,30,33);1H. The van der Waals surface area contributed by atoms with Crippen molar-refractivity contribution in [2.75, 3.05) is 38.5 Å². The lowest BCUT2D eigenvalue weighted by Gasteiger charge is -2.32. The predicted octanol–water partition coefficient (Wildman–Crippen LogP) is 3.76. The van der Waals surface area contributed by atoms with Crippen LogP contribution in [0, 0.1) is 0 Å². The number of anilines is 1. The third kappa shape index (κ3) is 6.37. The second kappa shape index (κ2) is 11.9. The van der Waals surface area contributed by atoms with Gasteiger partial charge in [-0.1, -0.05) is 42.5 Å². The van der Waals surface area contributed by atoms with E-state index >= 15 is 0 Å². The first-order valence-electron chi connectivity index (χ1n) is 11.9. The topological polar surface area (TPSA) is 98.4 Å². The molecule has 2 aromatic carbocycles. The molecule has 5 rings (SSSR count). The summed E-state index contributed by atoms with van der Waals surface area (Å²) in [6.07, 6.45) is 3.43. The lowest BCUT2D eigenvalue weighted by molar-refractivity contribution is 0.102. The molecule has 1 fully saturated rings. The predicted molar refractivity (Wildman–Crippen MR) is 150 cm³/mol. The average molecular weight is 540 g/mol. The van der Waals surface area contributed by atoms with Gasteiger partial charge in [0, 0.05) is 61.8 Å². The van der Waals surface area contributed by atoms with E-state index in [1.165, 1.54) is 5.56 Å². The number of benzene rings is 2. The van der Waals surface area contributed by atoms with E-state index in [4.69, 9.17) is 0 Å². The summed E-state index contributed by atoms with van der Waals surface area (Å²) in [5.41, 5.74) is 5.33. The number of hydrogen-bond acceptors (Lipinski definition) is 6. The number of pyridine rings is 1. The van der Waals surface area contributed by atoms with E-state index in [2.05, 4.69) is 56.4 Å².